The van der Waals surface area contributed by atoms with E-state index in [4.69, 9.17) is 5.84 Å². The van der Waals surface area contributed by atoms with Gasteiger partial charge in [0.15, 0.2) is 0 Å². The molecule has 2 unspecified atom stereocenters. The first kappa shape index (κ1) is 14.6. The van der Waals surface area contributed by atoms with Crippen LogP contribution < -0.4 is 16.0 Å². The van der Waals surface area contributed by atoms with Gasteiger partial charge in [-0.1, -0.05) is 12.1 Å². The highest BCUT2D eigenvalue weighted by atomic mass is 32.2. The number of anilines is 1. The Kier molecular flexibility index (Phi) is 4.72. The van der Waals surface area contributed by atoms with E-state index in [0.29, 0.717) is 10.9 Å². The summed E-state index contributed by atoms with van der Waals surface area (Å²) in [5.74, 6) is 5.35. The summed E-state index contributed by atoms with van der Waals surface area (Å²) in [6, 6.07) is 6.66. The molecule has 1 aliphatic rings. The summed E-state index contributed by atoms with van der Waals surface area (Å²) in [6.07, 6.45) is 4.90. The third-order valence-electron chi connectivity index (χ3n) is 3.37. The van der Waals surface area contributed by atoms with Crippen molar-refractivity contribution in [2.24, 2.45) is 5.84 Å². The Labute approximate surface area is 118 Å². The number of hydrazine groups is 1. The van der Waals surface area contributed by atoms with Gasteiger partial charge in [0.25, 0.3) is 0 Å². The fourth-order valence-corrected chi connectivity index (χ4v) is 4.61. The van der Waals surface area contributed by atoms with Crippen LogP contribution in [0.4, 0.5) is 5.69 Å². The monoisotopic (exact) mass is 301 g/mol. The van der Waals surface area contributed by atoms with Crippen LogP contribution in [0.2, 0.25) is 0 Å². The molecular formula is C12H19N3O2S2. The van der Waals surface area contributed by atoms with E-state index in [1.807, 2.05) is 0 Å². The molecule has 1 fully saturated rings. The van der Waals surface area contributed by atoms with Gasteiger partial charge >= 0.3 is 0 Å². The number of nitrogens with two attached hydrogens (primary N) is 1. The quantitative estimate of drug-likeness (QED) is 0.567. The van der Waals surface area contributed by atoms with Gasteiger partial charge in [0.05, 0.1) is 5.69 Å². The first-order valence-corrected chi connectivity index (χ1v) is 8.94. The lowest BCUT2D eigenvalue weighted by atomic mass is 10.3. The number of nitrogens with one attached hydrogen (secondary N) is 2. The van der Waals surface area contributed by atoms with E-state index in [0.717, 1.165) is 19.3 Å². The molecular weight excluding hydrogens is 282 g/mol. The minimum absolute atomic E-state index is 0.0216. The molecule has 19 heavy (non-hydrogen) atoms. The number of rotatable bonds is 5. The van der Waals surface area contributed by atoms with Crippen LogP contribution in [0.25, 0.3) is 0 Å². The molecule has 0 radical (unpaired) electrons. The number of para-hydroxylation sites is 1. The van der Waals surface area contributed by atoms with Crippen molar-refractivity contribution in [1.29, 1.82) is 0 Å². The topological polar surface area (TPSA) is 84.2 Å². The van der Waals surface area contributed by atoms with Gasteiger partial charge in [0.2, 0.25) is 10.0 Å². The van der Waals surface area contributed by atoms with E-state index in [1.165, 1.54) is 0 Å². The summed E-state index contributed by atoms with van der Waals surface area (Å²) in [5, 5.41) is 0.551. The lowest BCUT2D eigenvalue weighted by Crippen LogP contribution is -2.33. The first-order chi connectivity index (χ1) is 9.06. The molecule has 1 aromatic carbocycles. The van der Waals surface area contributed by atoms with Gasteiger partial charge < -0.3 is 5.43 Å². The minimum atomic E-state index is -3.52. The van der Waals surface area contributed by atoms with Crippen molar-refractivity contribution in [3.63, 3.8) is 0 Å². The molecule has 5 nitrogen and oxygen atoms in total. The van der Waals surface area contributed by atoms with E-state index in [2.05, 4.69) is 16.4 Å². The van der Waals surface area contributed by atoms with E-state index in [1.54, 1.807) is 36.0 Å². The predicted octanol–water partition coefficient (Wildman–Crippen LogP) is 1.53. The molecule has 1 saturated carbocycles. The Balaban J connectivity index is 2.15. The average molecular weight is 301 g/mol. The Bertz CT molecular complexity index is 534. The smallest absolute Gasteiger partial charge is 0.242 e. The van der Waals surface area contributed by atoms with Gasteiger partial charge in [0, 0.05) is 11.3 Å². The van der Waals surface area contributed by atoms with Gasteiger partial charge in [0.1, 0.15) is 4.90 Å². The Hall–Kier alpha value is -0.760. The molecule has 106 valence electrons. The van der Waals surface area contributed by atoms with Gasteiger partial charge in [-0.15, -0.1) is 0 Å². The second-order valence-corrected chi connectivity index (χ2v) is 7.45. The fraction of sp³-hybridized carbons (Fsp3) is 0.500. The van der Waals surface area contributed by atoms with E-state index >= 15 is 0 Å². The summed E-state index contributed by atoms with van der Waals surface area (Å²) in [7, 11) is -3.52. The SMILES string of the molecule is CSC1CCC(NS(=O)(=O)c2ccccc2NN)C1. The lowest BCUT2D eigenvalue weighted by molar-refractivity contribution is 0.553. The largest absolute Gasteiger partial charge is 0.323 e. The van der Waals surface area contributed by atoms with Crippen molar-refractivity contribution in [3.8, 4) is 0 Å². The molecule has 0 saturated heterocycles. The van der Waals surface area contributed by atoms with Crippen molar-refractivity contribution in [3.05, 3.63) is 24.3 Å². The normalized spacial score (nSPS) is 23.5. The summed E-state index contributed by atoms with van der Waals surface area (Å²) >= 11 is 1.80. The van der Waals surface area contributed by atoms with E-state index < -0.39 is 10.0 Å². The van der Waals surface area contributed by atoms with Crippen LogP contribution >= 0.6 is 11.8 Å². The van der Waals surface area contributed by atoms with Crippen molar-refractivity contribution >= 4 is 27.5 Å². The predicted molar refractivity (Wildman–Crippen MR) is 79.5 cm³/mol. The van der Waals surface area contributed by atoms with Crippen LogP contribution in [-0.4, -0.2) is 26.0 Å². The second-order valence-electron chi connectivity index (χ2n) is 4.63. The summed E-state index contributed by atoms with van der Waals surface area (Å²) in [5.41, 5.74) is 2.83. The average Bonchev–Trinajstić information content (AvgIpc) is 2.85. The zero-order chi connectivity index (χ0) is 13.9. The molecule has 0 aliphatic heterocycles. The highest BCUT2D eigenvalue weighted by Gasteiger charge is 2.29. The molecule has 0 amide bonds. The standard InChI is InChI=1S/C12H19N3O2S2/c1-18-10-7-6-9(8-10)15-19(16,17)12-5-3-2-4-11(12)14-13/h2-5,9-10,14-15H,6-8,13H2,1H3. The van der Waals surface area contributed by atoms with Crippen molar-refractivity contribution in [2.75, 3.05) is 11.7 Å². The Morgan fingerprint density at radius 3 is 2.68 bits per heavy atom. The van der Waals surface area contributed by atoms with Gasteiger partial charge in [-0.2, -0.15) is 11.8 Å². The molecule has 2 atom stereocenters. The number of benzene rings is 1. The minimum Gasteiger partial charge on any atom is -0.323 e. The Morgan fingerprint density at radius 2 is 2.05 bits per heavy atom. The molecule has 2 rings (SSSR count). The van der Waals surface area contributed by atoms with Crippen LogP contribution in [0.3, 0.4) is 0 Å². The Morgan fingerprint density at radius 1 is 1.32 bits per heavy atom. The van der Waals surface area contributed by atoms with Crippen LogP contribution in [0, 0.1) is 0 Å². The van der Waals surface area contributed by atoms with Crippen molar-refractivity contribution in [2.45, 2.75) is 35.4 Å². The van der Waals surface area contributed by atoms with Crippen LogP contribution in [-0.2, 0) is 10.0 Å². The third-order valence-corrected chi connectivity index (χ3v) is 6.05. The first-order valence-electron chi connectivity index (χ1n) is 6.17. The van der Waals surface area contributed by atoms with Gasteiger partial charge in [-0.3, -0.25) is 5.84 Å². The van der Waals surface area contributed by atoms with Crippen LogP contribution in [0.5, 0.6) is 0 Å². The third kappa shape index (κ3) is 3.42. The molecule has 4 N–H and O–H groups in total. The zero-order valence-electron chi connectivity index (χ0n) is 10.8. The van der Waals surface area contributed by atoms with Crippen LogP contribution in [0.1, 0.15) is 19.3 Å². The highest BCUT2D eigenvalue weighted by molar-refractivity contribution is 7.99. The van der Waals surface area contributed by atoms with Gasteiger partial charge in [-0.25, -0.2) is 13.1 Å². The fourth-order valence-electron chi connectivity index (χ4n) is 2.36. The molecule has 1 aliphatic carbocycles. The maximum atomic E-state index is 12.3. The molecule has 7 heteroatoms. The number of thioether (sulfide) groups is 1. The lowest BCUT2D eigenvalue weighted by Gasteiger charge is -2.15. The van der Waals surface area contributed by atoms with Gasteiger partial charge in [-0.05, 0) is 37.7 Å². The highest BCUT2D eigenvalue weighted by Crippen LogP contribution is 2.29. The van der Waals surface area contributed by atoms with E-state index in [-0.39, 0.29) is 10.9 Å². The van der Waals surface area contributed by atoms with Crippen molar-refractivity contribution in [1.82, 2.24) is 4.72 Å². The summed E-state index contributed by atoms with van der Waals surface area (Å²) < 4.78 is 27.5. The molecule has 1 aromatic rings. The maximum absolute atomic E-state index is 12.3. The maximum Gasteiger partial charge on any atom is 0.242 e. The second kappa shape index (κ2) is 6.13. The molecule has 0 spiro atoms. The van der Waals surface area contributed by atoms with Crippen molar-refractivity contribution < 1.29 is 8.42 Å². The summed E-state index contributed by atoms with van der Waals surface area (Å²) in [4.78, 5) is 0.199. The number of nitrogen functional groups attached to an aromatic ring is 1. The van der Waals surface area contributed by atoms with E-state index in [9.17, 15) is 8.42 Å². The number of hydrogen-bond acceptors (Lipinski definition) is 5. The number of sulfonamides is 1. The van der Waals surface area contributed by atoms with Crippen LogP contribution in [0.15, 0.2) is 29.2 Å². The molecule has 0 bridgehead atoms. The molecule has 0 heterocycles. The number of hydrogen-bond donors (Lipinski definition) is 3. The zero-order valence-corrected chi connectivity index (χ0v) is 12.4. The molecule has 0 aromatic heterocycles. The summed E-state index contributed by atoms with van der Waals surface area (Å²) in [6.45, 7) is 0.